The van der Waals surface area contributed by atoms with Crippen LogP contribution in [0.2, 0.25) is 0 Å². The highest BCUT2D eigenvalue weighted by molar-refractivity contribution is 5.95. The number of nitrogens with zero attached hydrogens (tertiary/aromatic N) is 1. The molecule has 0 aliphatic carbocycles. The van der Waals surface area contributed by atoms with E-state index >= 15 is 0 Å². The zero-order valence-electron chi connectivity index (χ0n) is 5.48. The first-order valence-corrected chi connectivity index (χ1v) is 2.84. The number of aliphatic hydroxyl groups is 1. The Morgan fingerprint density at radius 1 is 1.82 bits per heavy atom. The summed E-state index contributed by atoms with van der Waals surface area (Å²) in [5.41, 5.74) is 0.0433. The molecule has 1 aromatic rings. The molecule has 0 bridgehead atoms. The number of hydrogen-bond acceptors (Lipinski definition) is 5. The maximum atomic E-state index is 10.6. The molecule has 0 aliphatic heterocycles. The fraction of sp³-hybridized carbons (Fsp3) is 0.167. The van der Waals surface area contributed by atoms with E-state index in [0.29, 0.717) is 6.29 Å². The van der Waals surface area contributed by atoms with E-state index in [-0.39, 0.29) is 11.5 Å². The lowest BCUT2D eigenvalue weighted by Gasteiger charge is -1.83. The third kappa shape index (κ3) is 1.50. The van der Waals surface area contributed by atoms with Crippen LogP contribution in [0.25, 0.3) is 0 Å². The number of carbonyl (C=O) groups is 2. The first-order valence-electron chi connectivity index (χ1n) is 2.84. The minimum Gasteiger partial charge on any atom is -0.388 e. The number of Topliss-reactive ketones (excluding diaryl/α,β-unsaturated/α-hetero) is 1. The summed E-state index contributed by atoms with van der Waals surface area (Å²) in [6.45, 7) is -0.645. The zero-order chi connectivity index (χ0) is 8.27. The Bertz CT molecular complexity index is 278. The normalized spacial score (nSPS) is 9.55. The molecule has 1 rings (SSSR count). The Hall–Kier alpha value is -1.49. The van der Waals surface area contributed by atoms with E-state index in [4.69, 9.17) is 5.11 Å². The zero-order valence-corrected chi connectivity index (χ0v) is 5.48. The molecule has 5 nitrogen and oxygen atoms in total. The largest absolute Gasteiger partial charge is 0.388 e. The summed E-state index contributed by atoms with van der Waals surface area (Å²) in [6, 6.07) is 1.17. The van der Waals surface area contributed by atoms with E-state index in [1.807, 2.05) is 0 Å². The molecule has 0 fully saturated rings. The molecule has 1 N–H and O–H groups in total. The van der Waals surface area contributed by atoms with E-state index in [0.717, 1.165) is 0 Å². The highest BCUT2D eigenvalue weighted by Gasteiger charge is 2.10. The summed E-state index contributed by atoms with van der Waals surface area (Å²) < 4.78 is 4.42. The van der Waals surface area contributed by atoms with Crippen LogP contribution in [0.3, 0.4) is 0 Å². The summed E-state index contributed by atoms with van der Waals surface area (Å²) in [5, 5.41) is 11.6. The standard InChI is InChI=1S/C6H5NO4/c8-2-4-1-6(11-7-4)5(10)3-9/h1-2,9H,3H2. The van der Waals surface area contributed by atoms with Crippen molar-refractivity contribution < 1.29 is 19.2 Å². The lowest BCUT2D eigenvalue weighted by atomic mass is 10.3. The van der Waals surface area contributed by atoms with Gasteiger partial charge in [0.1, 0.15) is 12.3 Å². The molecule has 0 spiro atoms. The number of aldehydes is 1. The predicted molar refractivity (Wildman–Crippen MR) is 33.3 cm³/mol. The van der Waals surface area contributed by atoms with Gasteiger partial charge in [-0.15, -0.1) is 0 Å². The van der Waals surface area contributed by atoms with Crippen molar-refractivity contribution in [2.24, 2.45) is 0 Å². The number of rotatable bonds is 3. The van der Waals surface area contributed by atoms with Gasteiger partial charge in [-0.05, 0) is 0 Å². The molecule has 0 saturated carbocycles. The molecule has 1 aromatic heterocycles. The lowest BCUT2D eigenvalue weighted by molar-refractivity contribution is 0.0866. The van der Waals surface area contributed by atoms with Gasteiger partial charge >= 0.3 is 0 Å². The topological polar surface area (TPSA) is 80.4 Å². The van der Waals surface area contributed by atoms with Crippen molar-refractivity contribution in [2.45, 2.75) is 0 Å². The molecule has 0 aromatic carbocycles. The van der Waals surface area contributed by atoms with E-state index in [1.54, 1.807) is 0 Å². The predicted octanol–water partition coefficient (Wildman–Crippen LogP) is -0.338. The third-order valence-electron chi connectivity index (χ3n) is 1.07. The molecular formula is C6H5NO4. The van der Waals surface area contributed by atoms with Crippen LogP contribution in [-0.4, -0.2) is 28.9 Å². The van der Waals surface area contributed by atoms with Crippen LogP contribution in [0.5, 0.6) is 0 Å². The highest BCUT2D eigenvalue weighted by Crippen LogP contribution is 2.01. The maximum absolute atomic E-state index is 10.6. The number of hydrogen-bond donors (Lipinski definition) is 1. The maximum Gasteiger partial charge on any atom is 0.226 e. The van der Waals surface area contributed by atoms with Crippen LogP contribution in [0.4, 0.5) is 0 Å². The van der Waals surface area contributed by atoms with Crippen LogP contribution < -0.4 is 0 Å². The van der Waals surface area contributed by atoms with Gasteiger partial charge in [0.2, 0.25) is 11.5 Å². The summed E-state index contributed by atoms with van der Waals surface area (Å²) in [7, 11) is 0. The fourth-order valence-electron chi connectivity index (χ4n) is 0.554. The molecule has 0 unspecified atom stereocenters. The Labute approximate surface area is 61.6 Å². The van der Waals surface area contributed by atoms with Crippen molar-refractivity contribution >= 4 is 12.1 Å². The van der Waals surface area contributed by atoms with E-state index in [9.17, 15) is 9.59 Å². The second kappa shape index (κ2) is 3.07. The third-order valence-corrected chi connectivity index (χ3v) is 1.07. The quantitative estimate of drug-likeness (QED) is 0.477. The van der Waals surface area contributed by atoms with Gasteiger partial charge in [-0.25, -0.2) is 0 Å². The van der Waals surface area contributed by atoms with Crippen molar-refractivity contribution in [2.75, 3.05) is 6.61 Å². The van der Waals surface area contributed by atoms with Gasteiger partial charge in [0.05, 0.1) is 0 Å². The van der Waals surface area contributed by atoms with Crippen LogP contribution >= 0.6 is 0 Å². The number of aromatic nitrogens is 1. The van der Waals surface area contributed by atoms with Gasteiger partial charge in [0, 0.05) is 6.07 Å². The van der Waals surface area contributed by atoms with Crippen LogP contribution in [0.15, 0.2) is 10.6 Å². The van der Waals surface area contributed by atoms with Crippen molar-refractivity contribution in [1.82, 2.24) is 5.16 Å². The number of aliphatic hydroxyl groups excluding tert-OH is 1. The van der Waals surface area contributed by atoms with E-state index < -0.39 is 12.4 Å². The average molecular weight is 155 g/mol. The molecule has 11 heavy (non-hydrogen) atoms. The Morgan fingerprint density at radius 2 is 2.55 bits per heavy atom. The monoisotopic (exact) mass is 155 g/mol. The van der Waals surface area contributed by atoms with Gasteiger partial charge in [0.15, 0.2) is 6.29 Å². The average Bonchev–Trinajstić information content (AvgIpc) is 2.50. The molecule has 5 heteroatoms. The van der Waals surface area contributed by atoms with Crippen LogP contribution in [0, 0.1) is 0 Å². The van der Waals surface area contributed by atoms with Gasteiger partial charge in [0.25, 0.3) is 0 Å². The molecular weight excluding hydrogens is 150 g/mol. The van der Waals surface area contributed by atoms with Crippen LogP contribution in [0.1, 0.15) is 21.0 Å². The smallest absolute Gasteiger partial charge is 0.226 e. The molecule has 0 amide bonds. The molecule has 0 saturated heterocycles. The fourth-order valence-corrected chi connectivity index (χ4v) is 0.554. The van der Waals surface area contributed by atoms with Crippen LogP contribution in [-0.2, 0) is 0 Å². The van der Waals surface area contributed by atoms with E-state index in [1.165, 1.54) is 6.07 Å². The van der Waals surface area contributed by atoms with Gasteiger partial charge in [-0.1, -0.05) is 5.16 Å². The van der Waals surface area contributed by atoms with Crippen molar-refractivity contribution in [3.63, 3.8) is 0 Å². The summed E-state index contributed by atoms with van der Waals surface area (Å²) >= 11 is 0. The Morgan fingerprint density at radius 3 is 3.00 bits per heavy atom. The molecule has 0 radical (unpaired) electrons. The van der Waals surface area contributed by atoms with Gasteiger partial charge < -0.3 is 9.63 Å². The second-order valence-electron chi connectivity index (χ2n) is 1.82. The van der Waals surface area contributed by atoms with Crippen molar-refractivity contribution in [1.29, 1.82) is 0 Å². The summed E-state index contributed by atoms with van der Waals surface area (Å²) in [5.74, 6) is -0.694. The first kappa shape index (κ1) is 7.62. The number of ketones is 1. The summed E-state index contributed by atoms with van der Waals surface area (Å²) in [6.07, 6.45) is 0.456. The minimum atomic E-state index is -0.645. The highest BCUT2D eigenvalue weighted by atomic mass is 16.5. The second-order valence-corrected chi connectivity index (χ2v) is 1.82. The van der Waals surface area contributed by atoms with Gasteiger partial charge in [-0.2, -0.15) is 0 Å². The molecule has 0 atom stereocenters. The van der Waals surface area contributed by atoms with E-state index in [2.05, 4.69) is 9.68 Å². The SMILES string of the molecule is O=Cc1cc(C(=O)CO)on1. The van der Waals surface area contributed by atoms with Crippen molar-refractivity contribution in [3.8, 4) is 0 Å². The Kier molecular flexibility index (Phi) is 2.12. The lowest BCUT2D eigenvalue weighted by Crippen LogP contribution is -2.01. The van der Waals surface area contributed by atoms with Crippen molar-refractivity contribution in [3.05, 3.63) is 17.5 Å². The first-order chi connectivity index (χ1) is 5.27. The molecule has 0 aliphatic rings. The molecule has 58 valence electrons. The number of carbonyl (C=O) groups excluding carboxylic acids is 2. The molecule has 1 heterocycles. The summed E-state index contributed by atoms with van der Waals surface area (Å²) in [4.78, 5) is 20.7. The minimum absolute atomic E-state index is 0.0433. The Balaban J connectivity index is 2.88. The van der Waals surface area contributed by atoms with Gasteiger partial charge in [-0.3, -0.25) is 9.59 Å².